The Labute approximate surface area is 127 Å². The van der Waals surface area contributed by atoms with Gasteiger partial charge in [-0.15, -0.1) is 0 Å². The molecule has 0 spiro atoms. The summed E-state index contributed by atoms with van der Waals surface area (Å²) in [7, 11) is 0. The maximum Gasteiger partial charge on any atom is 0.0469 e. The molecule has 3 rings (SSSR count). The van der Waals surface area contributed by atoms with Gasteiger partial charge in [0.05, 0.1) is 0 Å². The van der Waals surface area contributed by atoms with Crippen LogP contribution in [0.25, 0.3) is 10.9 Å². The van der Waals surface area contributed by atoms with Gasteiger partial charge in [0.1, 0.15) is 0 Å². The van der Waals surface area contributed by atoms with Gasteiger partial charge in [0.25, 0.3) is 0 Å². The molecule has 1 aliphatic rings. The molecule has 0 amide bonds. The first-order valence-corrected chi connectivity index (χ1v) is 8.12. The molecule has 1 aliphatic heterocycles. The van der Waals surface area contributed by atoms with Gasteiger partial charge in [0.2, 0.25) is 0 Å². The molecule has 1 aromatic heterocycles. The second-order valence-electron chi connectivity index (χ2n) is 6.31. The average molecular weight is 286 g/mol. The van der Waals surface area contributed by atoms with Crippen LogP contribution in [0.3, 0.4) is 0 Å². The third-order valence-corrected chi connectivity index (χ3v) is 4.76. The van der Waals surface area contributed by atoms with Crippen molar-refractivity contribution in [2.45, 2.75) is 39.2 Å². The van der Waals surface area contributed by atoms with Crippen LogP contribution in [0.1, 0.15) is 30.9 Å². The number of benzene rings is 1. The van der Waals surface area contributed by atoms with Crippen molar-refractivity contribution in [3.05, 3.63) is 35.5 Å². The van der Waals surface area contributed by atoms with Crippen molar-refractivity contribution >= 4 is 10.9 Å². The Morgan fingerprint density at radius 1 is 1.33 bits per heavy atom. The topological polar surface area (TPSA) is 37.0 Å². The molecule has 2 heterocycles. The number of rotatable bonds is 5. The summed E-state index contributed by atoms with van der Waals surface area (Å²) in [5.74, 6) is 0.768. The Kier molecular flexibility index (Phi) is 4.61. The van der Waals surface area contributed by atoms with Crippen LogP contribution < -0.4 is 5.32 Å². The SMILES string of the molecule is Cc1ccc2c(CCN[C@@H](C)C3CCOCC3)c[nH]c2c1. The number of nitrogens with one attached hydrogen (secondary N) is 2. The molecule has 2 N–H and O–H groups in total. The molecule has 3 heteroatoms. The van der Waals surface area contributed by atoms with E-state index in [1.807, 2.05) is 0 Å². The number of H-pyrrole nitrogens is 1. The molecule has 0 saturated carbocycles. The molecule has 114 valence electrons. The van der Waals surface area contributed by atoms with E-state index >= 15 is 0 Å². The number of ether oxygens (including phenoxy) is 1. The van der Waals surface area contributed by atoms with E-state index in [2.05, 4.69) is 48.5 Å². The summed E-state index contributed by atoms with van der Waals surface area (Å²) in [6.45, 7) is 7.35. The van der Waals surface area contributed by atoms with Gasteiger partial charge in [0, 0.05) is 36.4 Å². The molecule has 1 fully saturated rings. The highest BCUT2D eigenvalue weighted by Gasteiger charge is 2.19. The van der Waals surface area contributed by atoms with Gasteiger partial charge in [-0.2, -0.15) is 0 Å². The van der Waals surface area contributed by atoms with Crippen molar-refractivity contribution in [1.82, 2.24) is 10.3 Å². The Balaban J connectivity index is 1.54. The van der Waals surface area contributed by atoms with E-state index in [4.69, 9.17) is 4.74 Å². The van der Waals surface area contributed by atoms with Crippen molar-refractivity contribution in [2.24, 2.45) is 5.92 Å². The first-order valence-electron chi connectivity index (χ1n) is 8.12. The summed E-state index contributed by atoms with van der Waals surface area (Å²) >= 11 is 0. The van der Waals surface area contributed by atoms with Gasteiger partial charge in [0.15, 0.2) is 0 Å². The fourth-order valence-corrected chi connectivity index (χ4v) is 3.32. The van der Waals surface area contributed by atoms with Gasteiger partial charge < -0.3 is 15.0 Å². The monoisotopic (exact) mass is 286 g/mol. The minimum atomic E-state index is 0.585. The lowest BCUT2D eigenvalue weighted by molar-refractivity contribution is 0.0561. The maximum atomic E-state index is 5.44. The van der Waals surface area contributed by atoms with Crippen LogP contribution in [-0.2, 0) is 11.2 Å². The smallest absolute Gasteiger partial charge is 0.0469 e. The molecular weight excluding hydrogens is 260 g/mol. The predicted molar refractivity (Wildman–Crippen MR) is 87.7 cm³/mol. The van der Waals surface area contributed by atoms with Crippen LogP contribution in [0.2, 0.25) is 0 Å². The number of aromatic nitrogens is 1. The van der Waals surface area contributed by atoms with E-state index in [1.165, 1.54) is 34.9 Å². The van der Waals surface area contributed by atoms with Crippen LogP contribution >= 0.6 is 0 Å². The molecule has 21 heavy (non-hydrogen) atoms. The maximum absolute atomic E-state index is 5.44. The fourth-order valence-electron chi connectivity index (χ4n) is 3.32. The van der Waals surface area contributed by atoms with Gasteiger partial charge in [-0.05, 0) is 62.8 Å². The third-order valence-electron chi connectivity index (χ3n) is 4.76. The summed E-state index contributed by atoms with van der Waals surface area (Å²) in [5.41, 5.74) is 3.97. The van der Waals surface area contributed by atoms with Crippen molar-refractivity contribution in [2.75, 3.05) is 19.8 Å². The van der Waals surface area contributed by atoms with Gasteiger partial charge in [-0.25, -0.2) is 0 Å². The van der Waals surface area contributed by atoms with Gasteiger partial charge in [-0.1, -0.05) is 12.1 Å². The highest BCUT2D eigenvalue weighted by molar-refractivity contribution is 5.83. The van der Waals surface area contributed by atoms with Crippen molar-refractivity contribution in [3.63, 3.8) is 0 Å². The zero-order valence-electron chi connectivity index (χ0n) is 13.1. The Morgan fingerprint density at radius 2 is 2.14 bits per heavy atom. The minimum Gasteiger partial charge on any atom is -0.381 e. The fraction of sp³-hybridized carbons (Fsp3) is 0.556. The summed E-state index contributed by atoms with van der Waals surface area (Å²) in [6.07, 6.45) is 5.63. The van der Waals surface area contributed by atoms with Crippen molar-refractivity contribution in [3.8, 4) is 0 Å². The molecule has 1 aromatic carbocycles. The highest BCUT2D eigenvalue weighted by atomic mass is 16.5. The highest BCUT2D eigenvalue weighted by Crippen LogP contribution is 2.21. The molecule has 0 unspecified atom stereocenters. The lowest BCUT2D eigenvalue weighted by atomic mass is 9.93. The summed E-state index contributed by atoms with van der Waals surface area (Å²) in [5, 5.41) is 5.06. The van der Waals surface area contributed by atoms with Crippen LogP contribution in [0.15, 0.2) is 24.4 Å². The minimum absolute atomic E-state index is 0.585. The molecule has 0 bridgehead atoms. The van der Waals surface area contributed by atoms with Gasteiger partial charge in [-0.3, -0.25) is 0 Å². The summed E-state index contributed by atoms with van der Waals surface area (Å²) in [4.78, 5) is 3.39. The Hall–Kier alpha value is -1.32. The first-order chi connectivity index (χ1) is 10.2. The zero-order valence-corrected chi connectivity index (χ0v) is 13.1. The molecule has 2 aromatic rings. The van der Waals surface area contributed by atoms with E-state index in [-0.39, 0.29) is 0 Å². The normalized spacial score (nSPS) is 18.2. The van der Waals surface area contributed by atoms with Crippen LogP contribution in [0.4, 0.5) is 0 Å². The standard InChI is InChI=1S/C18H26N2O/c1-13-3-4-17-16(12-20-18(17)11-13)5-8-19-14(2)15-6-9-21-10-7-15/h3-4,11-12,14-15,19-20H,5-10H2,1-2H3/t14-/m0/s1. The quantitative estimate of drug-likeness (QED) is 0.883. The number of hydrogen-bond donors (Lipinski definition) is 2. The van der Waals surface area contributed by atoms with E-state index in [1.54, 1.807) is 0 Å². The zero-order chi connectivity index (χ0) is 14.7. The van der Waals surface area contributed by atoms with Crippen LogP contribution in [0, 0.1) is 12.8 Å². The predicted octanol–water partition coefficient (Wildman–Crippen LogP) is 3.42. The number of aryl methyl sites for hydroxylation is 1. The molecule has 3 nitrogen and oxygen atoms in total. The second kappa shape index (κ2) is 6.63. The largest absolute Gasteiger partial charge is 0.381 e. The molecular formula is C18H26N2O. The van der Waals surface area contributed by atoms with Crippen LogP contribution in [0.5, 0.6) is 0 Å². The van der Waals surface area contributed by atoms with E-state index in [0.29, 0.717) is 6.04 Å². The molecule has 0 aliphatic carbocycles. The lowest BCUT2D eigenvalue weighted by Crippen LogP contribution is -2.37. The van der Waals surface area contributed by atoms with Crippen LogP contribution in [-0.4, -0.2) is 30.8 Å². The second-order valence-corrected chi connectivity index (χ2v) is 6.31. The molecule has 0 radical (unpaired) electrons. The number of aromatic amines is 1. The number of fused-ring (bicyclic) bond motifs is 1. The summed E-state index contributed by atoms with van der Waals surface area (Å²) < 4.78 is 5.44. The van der Waals surface area contributed by atoms with Crippen molar-refractivity contribution in [1.29, 1.82) is 0 Å². The summed E-state index contributed by atoms with van der Waals surface area (Å²) in [6, 6.07) is 7.23. The average Bonchev–Trinajstić information content (AvgIpc) is 2.90. The Morgan fingerprint density at radius 3 is 2.95 bits per heavy atom. The van der Waals surface area contributed by atoms with E-state index in [9.17, 15) is 0 Å². The first kappa shape index (κ1) is 14.6. The molecule has 1 saturated heterocycles. The lowest BCUT2D eigenvalue weighted by Gasteiger charge is -2.28. The molecule has 1 atom stereocenters. The van der Waals surface area contributed by atoms with E-state index in [0.717, 1.165) is 32.1 Å². The number of hydrogen-bond acceptors (Lipinski definition) is 2. The van der Waals surface area contributed by atoms with Crippen molar-refractivity contribution < 1.29 is 4.74 Å². The van der Waals surface area contributed by atoms with Gasteiger partial charge >= 0.3 is 0 Å². The Bertz CT molecular complexity index is 584. The third kappa shape index (κ3) is 3.47. The van der Waals surface area contributed by atoms with E-state index < -0.39 is 0 Å².